The zero-order chi connectivity index (χ0) is 18.5. The van der Waals surface area contributed by atoms with Gasteiger partial charge in [0.15, 0.2) is 0 Å². The second kappa shape index (κ2) is 7.87. The molecule has 27 heavy (non-hydrogen) atoms. The van der Waals surface area contributed by atoms with Crippen molar-refractivity contribution in [1.29, 1.82) is 0 Å². The highest BCUT2D eigenvalue weighted by molar-refractivity contribution is 5.81. The monoisotopic (exact) mass is 355 g/mol. The first-order chi connectivity index (χ1) is 13.3. The van der Waals surface area contributed by atoms with E-state index in [2.05, 4.69) is 52.5 Å². The molecule has 0 bridgehead atoms. The van der Waals surface area contributed by atoms with Crippen molar-refractivity contribution < 1.29 is 4.74 Å². The van der Waals surface area contributed by atoms with Crippen LogP contribution < -0.4 is 10.1 Å². The van der Waals surface area contributed by atoms with Gasteiger partial charge >= 0.3 is 0 Å². The summed E-state index contributed by atoms with van der Waals surface area (Å²) in [6, 6.07) is 22.6. The Kier molecular flexibility index (Phi) is 4.97. The second-order valence-corrected chi connectivity index (χ2v) is 6.52. The van der Waals surface area contributed by atoms with Crippen LogP contribution in [0.2, 0.25) is 0 Å². The summed E-state index contributed by atoms with van der Waals surface area (Å²) >= 11 is 0. The average Bonchev–Trinajstić information content (AvgIpc) is 2.72. The van der Waals surface area contributed by atoms with Crippen molar-refractivity contribution in [1.82, 2.24) is 9.97 Å². The molecule has 134 valence electrons. The van der Waals surface area contributed by atoms with Gasteiger partial charge in [0.2, 0.25) is 0 Å². The predicted molar refractivity (Wildman–Crippen MR) is 109 cm³/mol. The maximum Gasteiger partial charge on any atom is 0.122 e. The number of hydrogen-bond acceptors (Lipinski definition) is 4. The van der Waals surface area contributed by atoms with Crippen LogP contribution in [0.25, 0.3) is 10.9 Å². The average molecular weight is 355 g/mol. The molecule has 0 unspecified atom stereocenters. The van der Waals surface area contributed by atoms with Gasteiger partial charge in [-0.25, -0.2) is 9.97 Å². The largest absolute Gasteiger partial charge is 0.489 e. The standard InChI is InChI=1S/C23H21N3O/c1-17-11-19(7-10-23(17)27-15-18-5-3-2-4-6-18)13-25-21-9-8-20-14-24-16-26-22(20)12-21/h2-12,14,16,25H,13,15H2,1H3. The maximum absolute atomic E-state index is 5.95. The summed E-state index contributed by atoms with van der Waals surface area (Å²) in [5.74, 6) is 0.921. The molecule has 0 radical (unpaired) electrons. The molecule has 1 heterocycles. The zero-order valence-electron chi connectivity index (χ0n) is 15.2. The van der Waals surface area contributed by atoms with Crippen molar-refractivity contribution >= 4 is 16.6 Å². The summed E-state index contributed by atoms with van der Waals surface area (Å²) in [6.45, 7) is 3.41. The highest BCUT2D eigenvalue weighted by Crippen LogP contribution is 2.22. The van der Waals surface area contributed by atoms with E-state index < -0.39 is 0 Å². The van der Waals surface area contributed by atoms with E-state index in [0.717, 1.165) is 34.4 Å². The summed E-state index contributed by atoms with van der Waals surface area (Å²) in [4.78, 5) is 8.35. The third-order valence-electron chi connectivity index (χ3n) is 4.48. The Morgan fingerprint density at radius 1 is 0.926 bits per heavy atom. The van der Waals surface area contributed by atoms with E-state index in [-0.39, 0.29) is 0 Å². The summed E-state index contributed by atoms with van der Waals surface area (Å²) in [5.41, 5.74) is 5.50. The number of nitrogens with zero attached hydrogens (tertiary/aromatic N) is 2. The Balaban J connectivity index is 1.39. The fourth-order valence-electron chi connectivity index (χ4n) is 3.01. The number of benzene rings is 3. The van der Waals surface area contributed by atoms with Crippen molar-refractivity contribution in [3.63, 3.8) is 0 Å². The number of anilines is 1. The van der Waals surface area contributed by atoms with E-state index >= 15 is 0 Å². The van der Waals surface area contributed by atoms with Crippen LogP contribution in [0.4, 0.5) is 5.69 Å². The van der Waals surface area contributed by atoms with E-state index in [1.54, 1.807) is 6.33 Å². The SMILES string of the molecule is Cc1cc(CNc2ccc3cncnc3c2)ccc1OCc1ccccc1. The highest BCUT2D eigenvalue weighted by Gasteiger charge is 2.03. The molecule has 4 aromatic rings. The van der Waals surface area contributed by atoms with Gasteiger partial charge in [-0.2, -0.15) is 0 Å². The summed E-state index contributed by atoms with van der Waals surface area (Å²) < 4.78 is 5.95. The number of hydrogen-bond donors (Lipinski definition) is 1. The number of fused-ring (bicyclic) bond motifs is 1. The first kappa shape index (κ1) is 17.0. The number of nitrogens with one attached hydrogen (secondary N) is 1. The van der Waals surface area contributed by atoms with Crippen molar-refractivity contribution in [2.24, 2.45) is 0 Å². The lowest BCUT2D eigenvalue weighted by Gasteiger charge is -2.12. The van der Waals surface area contributed by atoms with Crippen LogP contribution in [0.3, 0.4) is 0 Å². The zero-order valence-corrected chi connectivity index (χ0v) is 15.2. The van der Waals surface area contributed by atoms with Crippen LogP contribution in [-0.2, 0) is 13.2 Å². The number of rotatable bonds is 6. The molecule has 0 atom stereocenters. The van der Waals surface area contributed by atoms with Crippen LogP contribution in [0.5, 0.6) is 5.75 Å². The molecule has 1 aromatic heterocycles. The van der Waals surface area contributed by atoms with Gasteiger partial charge in [-0.15, -0.1) is 0 Å². The van der Waals surface area contributed by atoms with E-state index in [9.17, 15) is 0 Å². The lowest BCUT2D eigenvalue weighted by molar-refractivity contribution is 0.304. The fraction of sp³-hybridized carbons (Fsp3) is 0.130. The molecular weight excluding hydrogens is 334 g/mol. The molecule has 0 aliphatic carbocycles. The minimum absolute atomic E-state index is 0.582. The predicted octanol–water partition coefficient (Wildman–Crippen LogP) is 5.13. The van der Waals surface area contributed by atoms with E-state index in [0.29, 0.717) is 6.61 Å². The van der Waals surface area contributed by atoms with Crippen LogP contribution in [0.1, 0.15) is 16.7 Å². The quantitative estimate of drug-likeness (QED) is 0.521. The number of aryl methyl sites for hydroxylation is 1. The molecule has 0 saturated heterocycles. The normalized spacial score (nSPS) is 10.7. The van der Waals surface area contributed by atoms with Crippen molar-refractivity contribution in [2.75, 3.05) is 5.32 Å². The van der Waals surface area contributed by atoms with Crippen LogP contribution in [0.15, 0.2) is 79.3 Å². The molecule has 0 aliphatic rings. The van der Waals surface area contributed by atoms with Gasteiger partial charge in [0, 0.05) is 23.8 Å². The Hall–Kier alpha value is -3.40. The minimum atomic E-state index is 0.582. The summed E-state index contributed by atoms with van der Waals surface area (Å²) in [5, 5.41) is 4.50. The van der Waals surface area contributed by atoms with E-state index in [1.807, 2.05) is 42.6 Å². The molecule has 1 N–H and O–H groups in total. The fourth-order valence-corrected chi connectivity index (χ4v) is 3.01. The maximum atomic E-state index is 5.95. The van der Waals surface area contributed by atoms with Crippen molar-refractivity contribution in [3.05, 3.63) is 95.9 Å². The van der Waals surface area contributed by atoms with Gasteiger partial charge < -0.3 is 10.1 Å². The molecule has 0 fully saturated rings. The first-order valence-electron chi connectivity index (χ1n) is 8.98. The third kappa shape index (κ3) is 4.23. The molecular formula is C23H21N3O. The van der Waals surface area contributed by atoms with Gasteiger partial charge in [0.1, 0.15) is 18.7 Å². The van der Waals surface area contributed by atoms with Crippen LogP contribution in [-0.4, -0.2) is 9.97 Å². The van der Waals surface area contributed by atoms with E-state index in [4.69, 9.17) is 4.74 Å². The lowest BCUT2D eigenvalue weighted by Crippen LogP contribution is -2.01. The molecule has 0 spiro atoms. The molecule has 4 heteroatoms. The molecule has 0 amide bonds. The molecule has 0 aliphatic heterocycles. The molecule has 4 rings (SSSR count). The van der Waals surface area contributed by atoms with Gasteiger partial charge in [0.05, 0.1) is 5.52 Å². The molecule has 4 nitrogen and oxygen atoms in total. The van der Waals surface area contributed by atoms with Crippen LogP contribution >= 0.6 is 0 Å². The second-order valence-electron chi connectivity index (χ2n) is 6.52. The molecule has 3 aromatic carbocycles. The molecule has 0 saturated carbocycles. The van der Waals surface area contributed by atoms with Crippen molar-refractivity contribution in [2.45, 2.75) is 20.1 Å². The van der Waals surface area contributed by atoms with Gasteiger partial charge in [0.25, 0.3) is 0 Å². The van der Waals surface area contributed by atoms with Gasteiger partial charge in [-0.1, -0.05) is 42.5 Å². The Morgan fingerprint density at radius 2 is 1.81 bits per heavy atom. The Morgan fingerprint density at radius 3 is 2.67 bits per heavy atom. The lowest BCUT2D eigenvalue weighted by atomic mass is 10.1. The topological polar surface area (TPSA) is 47.0 Å². The van der Waals surface area contributed by atoms with E-state index in [1.165, 1.54) is 11.1 Å². The summed E-state index contributed by atoms with van der Waals surface area (Å²) in [7, 11) is 0. The third-order valence-corrected chi connectivity index (χ3v) is 4.48. The summed E-state index contributed by atoms with van der Waals surface area (Å²) in [6.07, 6.45) is 3.40. The minimum Gasteiger partial charge on any atom is -0.489 e. The van der Waals surface area contributed by atoms with Gasteiger partial charge in [-0.3, -0.25) is 0 Å². The Bertz CT molecular complexity index is 1050. The number of ether oxygens (including phenoxy) is 1. The smallest absolute Gasteiger partial charge is 0.122 e. The van der Waals surface area contributed by atoms with Crippen molar-refractivity contribution in [3.8, 4) is 5.75 Å². The van der Waals surface area contributed by atoms with Gasteiger partial charge in [-0.05, 0) is 47.9 Å². The Labute approximate surface area is 158 Å². The highest BCUT2D eigenvalue weighted by atomic mass is 16.5. The van der Waals surface area contributed by atoms with Crippen LogP contribution in [0, 0.1) is 6.92 Å². The first-order valence-corrected chi connectivity index (χ1v) is 8.98. The number of aromatic nitrogens is 2.